The molecule has 2 atom stereocenters. The van der Waals surface area contributed by atoms with E-state index in [-0.39, 0.29) is 6.09 Å². The van der Waals surface area contributed by atoms with E-state index in [1.807, 2.05) is 37.8 Å². The van der Waals surface area contributed by atoms with Crippen molar-refractivity contribution in [2.24, 2.45) is 17.8 Å². The summed E-state index contributed by atoms with van der Waals surface area (Å²) in [6.45, 7) is 7.40. The fourth-order valence-corrected chi connectivity index (χ4v) is 4.13. The lowest BCUT2D eigenvalue weighted by molar-refractivity contribution is 0.0277. The zero-order chi connectivity index (χ0) is 17.3. The summed E-state index contributed by atoms with van der Waals surface area (Å²) in [5.41, 5.74) is 1.61. The predicted octanol–water partition coefficient (Wildman–Crippen LogP) is 3.93. The summed E-state index contributed by atoms with van der Waals surface area (Å²) >= 11 is 0. The summed E-state index contributed by atoms with van der Waals surface area (Å²) in [6.07, 6.45) is 4.14. The van der Waals surface area contributed by atoms with Crippen LogP contribution >= 0.6 is 0 Å². The van der Waals surface area contributed by atoms with E-state index in [1.54, 1.807) is 0 Å². The van der Waals surface area contributed by atoms with E-state index in [1.165, 1.54) is 18.4 Å². The number of fused-ring (bicyclic) bond motifs is 1. The SMILES string of the molecule is CC(C)(C)OC(=O)N1CC2CC(Cc3ccc(C=O)cc3)CC2C1. The van der Waals surface area contributed by atoms with Crippen LogP contribution in [0.5, 0.6) is 0 Å². The van der Waals surface area contributed by atoms with Gasteiger partial charge in [0.25, 0.3) is 0 Å². The van der Waals surface area contributed by atoms with Crippen LogP contribution in [0.15, 0.2) is 24.3 Å². The van der Waals surface area contributed by atoms with Gasteiger partial charge < -0.3 is 9.64 Å². The van der Waals surface area contributed by atoms with Gasteiger partial charge in [-0.1, -0.05) is 24.3 Å². The summed E-state index contributed by atoms with van der Waals surface area (Å²) in [4.78, 5) is 24.8. The van der Waals surface area contributed by atoms with Gasteiger partial charge >= 0.3 is 6.09 Å². The van der Waals surface area contributed by atoms with Crippen LogP contribution in [0.3, 0.4) is 0 Å². The maximum atomic E-state index is 12.2. The van der Waals surface area contributed by atoms with Gasteiger partial charge in [-0.05, 0) is 63.4 Å². The maximum Gasteiger partial charge on any atom is 0.410 e. The minimum atomic E-state index is -0.426. The van der Waals surface area contributed by atoms with Gasteiger partial charge in [0.2, 0.25) is 0 Å². The van der Waals surface area contributed by atoms with Crippen molar-refractivity contribution >= 4 is 12.4 Å². The van der Waals surface area contributed by atoms with Gasteiger partial charge in [-0.2, -0.15) is 0 Å². The van der Waals surface area contributed by atoms with E-state index in [2.05, 4.69) is 12.1 Å². The summed E-state index contributed by atoms with van der Waals surface area (Å²) in [5, 5.41) is 0. The highest BCUT2D eigenvalue weighted by Crippen LogP contribution is 2.43. The van der Waals surface area contributed by atoms with Crippen molar-refractivity contribution in [2.45, 2.75) is 45.6 Å². The molecule has 24 heavy (non-hydrogen) atoms. The molecule has 0 bridgehead atoms. The van der Waals surface area contributed by atoms with Crippen LogP contribution in [-0.4, -0.2) is 36.0 Å². The number of hydrogen-bond donors (Lipinski definition) is 0. The number of nitrogens with zero attached hydrogens (tertiary/aromatic N) is 1. The van der Waals surface area contributed by atoms with Gasteiger partial charge in [-0.3, -0.25) is 4.79 Å². The van der Waals surface area contributed by atoms with Crippen LogP contribution in [0.2, 0.25) is 0 Å². The van der Waals surface area contributed by atoms with Crippen LogP contribution in [0.1, 0.15) is 49.5 Å². The molecule has 1 heterocycles. The number of carbonyl (C=O) groups is 2. The van der Waals surface area contributed by atoms with Gasteiger partial charge in [-0.15, -0.1) is 0 Å². The lowest BCUT2D eigenvalue weighted by Crippen LogP contribution is -2.36. The molecule has 1 aromatic rings. The highest BCUT2D eigenvalue weighted by Gasteiger charge is 2.43. The summed E-state index contributed by atoms with van der Waals surface area (Å²) in [6, 6.07) is 7.90. The van der Waals surface area contributed by atoms with E-state index in [0.29, 0.717) is 17.8 Å². The van der Waals surface area contributed by atoms with Crippen LogP contribution in [-0.2, 0) is 11.2 Å². The highest BCUT2D eigenvalue weighted by atomic mass is 16.6. The third-order valence-corrected chi connectivity index (χ3v) is 5.14. The largest absolute Gasteiger partial charge is 0.444 e. The second kappa shape index (κ2) is 6.58. The zero-order valence-electron chi connectivity index (χ0n) is 14.8. The van der Waals surface area contributed by atoms with Crippen LogP contribution < -0.4 is 0 Å². The molecule has 2 aliphatic rings. The summed E-state index contributed by atoms with van der Waals surface area (Å²) in [7, 11) is 0. The standard InChI is InChI=1S/C20H27NO3/c1-20(2,3)24-19(23)21-11-17-9-16(10-18(17)12-21)8-14-4-6-15(13-22)7-5-14/h4-7,13,16-18H,8-12H2,1-3H3. The van der Waals surface area contributed by atoms with Gasteiger partial charge in [0.05, 0.1) is 0 Å². The van der Waals surface area contributed by atoms with Crippen LogP contribution in [0.4, 0.5) is 4.79 Å². The molecule has 4 heteroatoms. The Morgan fingerprint density at radius 2 is 1.75 bits per heavy atom. The highest BCUT2D eigenvalue weighted by molar-refractivity contribution is 5.74. The Labute approximate surface area is 144 Å². The molecule has 1 aliphatic heterocycles. The molecule has 2 unspecified atom stereocenters. The molecule has 3 rings (SSSR count). The number of carbonyl (C=O) groups excluding carboxylic acids is 2. The molecule has 130 valence electrons. The average molecular weight is 329 g/mol. The molecule has 1 aromatic carbocycles. The maximum absolute atomic E-state index is 12.2. The number of ether oxygens (including phenoxy) is 1. The smallest absolute Gasteiger partial charge is 0.410 e. The number of hydrogen-bond acceptors (Lipinski definition) is 3. The Hall–Kier alpha value is -1.84. The van der Waals surface area contributed by atoms with Crippen molar-refractivity contribution in [1.82, 2.24) is 4.90 Å². The molecule has 1 amide bonds. The normalized spacial score (nSPS) is 26.3. The number of aldehydes is 1. The summed E-state index contributed by atoms with van der Waals surface area (Å²) < 4.78 is 5.49. The van der Waals surface area contributed by atoms with Gasteiger partial charge in [0, 0.05) is 18.7 Å². The van der Waals surface area contributed by atoms with E-state index < -0.39 is 5.60 Å². The molecule has 0 radical (unpaired) electrons. The first-order valence-corrected chi connectivity index (χ1v) is 8.86. The van der Waals surface area contributed by atoms with Crippen LogP contribution in [0.25, 0.3) is 0 Å². The van der Waals surface area contributed by atoms with Crippen molar-refractivity contribution in [3.63, 3.8) is 0 Å². The number of rotatable bonds is 3. The summed E-state index contributed by atoms with van der Waals surface area (Å²) in [5.74, 6) is 1.90. The third kappa shape index (κ3) is 3.97. The second-order valence-electron chi connectivity index (χ2n) is 8.31. The number of likely N-dealkylation sites (tertiary alicyclic amines) is 1. The fraction of sp³-hybridized carbons (Fsp3) is 0.600. The first-order chi connectivity index (χ1) is 11.3. The lowest BCUT2D eigenvalue weighted by Gasteiger charge is -2.25. The molecular formula is C20H27NO3. The average Bonchev–Trinajstić information content (AvgIpc) is 3.04. The van der Waals surface area contributed by atoms with E-state index in [9.17, 15) is 9.59 Å². The first-order valence-electron chi connectivity index (χ1n) is 8.86. The molecule has 2 fully saturated rings. The van der Waals surface area contributed by atoms with Crippen molar-refractivity contribution in [2.75, 3.05) is 13.1 Å². The first kappa shape index (κ1) is 17.0. The minimum Gasteiger partial charge on any atom is -0.444 e. The number of benzene rings is 1. The molecule has 1 saturated heterocycles. The van der Waals surface area contributed by atoms with E-state index >= 15 is 0 Å². The quantitative estimate of drug-likeness (QED) is 0.789. The predicted molar refractivity (Wildman–Crippen MR) is 93.0 cm³/mol. The van der Waals surface area contributed by atoms with Crippen molar-refractivity contribution < 1.29 is 14.3 Å². The monoisotopic (exact) mass is 329 g/mol. The Kier molecular flexibility index (Phi) is 4.66. The number of amides is 1. The van der Waals surface area contributed by atoms with Gasteiger partial charge in [-0.25, -0.2) is 4.79 Å². The molecular weight excluding hydrogens is 302 g/mol. The van der Waals surface area contributed by atoms with Crippen molar-refractivity contribution in [3.05, 3.63) is 35.4 Å². The van der Waals surface area contributed by atoms with Gasteiger partial charge in [0.15, 0.2) is 0 Å². The van der Waals surface area contributed by atoms with Crippen molar-refractivity contribution in [3.8, 4) is 0 Å². The van der Waals surface area contributed by atoms with Crippen LogP contribution in [0, 0.1) is 17.8 Å². The zero-order valence-corrected chi connectivity index (χ0v) is 14.8. The molecule has 4 nitrogen and oxygen atoms in total. The fourth-order valence-electron chi connectivity index (χ4n) is 4.13. The lowest BCUT2D eigenvalue weighted by atomic mass is 9.96. The second-order valence-corrected chi connectivity index (χ2v) is 8.31. The molecule has 1 saturated carbocycles. The topological polar surface area (TPSA) is 46.6 Å². The van der Waals surface area contributed by atoms with Gasteiger partial charge in [0.1, 0.15) is 11.9 Å². The molecule has 1 aliphatic carbocycles. The Morgan fingerprint density at radius 1 is 1.17 bits per heavy atom. The Balaban J connectivity index is 1.51. The Bertz CT molecular complexity index is 588. The minimum absolute atomic E-state index is 0.169. The molecule has 0 N–H and O–H groups in total. The van der Waals surface area contributed by atoms with E-state index in [0.717, 1.165) is 31.4 Å². The Morgan fingerprint density at radius 3 is 2.25 bits per heavy atom. The molecule has 0 spiro atoms. The molecule has 0 aromatic heterocycles. The van der Waals surface area contributed by atoms with E-state index in [4.69, 9.17) is 4.74 Å². The van der Waals surface area contributed by atoms with Crippen molar-refractivity contribution in [1.29, 1.82) is 0 Å². The third-order valence-electron chi connectivity index (χ3n) is 5.14.